The molecule has 0 bridgehead atoms. The van der Waals surface area contributed by atoms with E-state index in [1.54, 1.807) is 0 Å². The van der Waals surface area contributed by atoms with Crippen molar-refractivity contribution in [3.8, 4) is 0 Å². The van der Waals surface area contributed by atoms with Crippen molar-refractivity contribution < 1.29 is 16.8 Å². The van der Waals surface area contributed by atoms with E-state index in [4.69, 9.17) is 0 Å². The second-order valence-corrected chi connectivity index (χ2v) is 13.0. The van der Waals surface area contributed by atoms with Crippen LogP contribution in [0.1, 0.15) is 22.6 Å². The highest BCUT2D eigenvalue weighted by molar-refractivity contribution is 7.89. The zero-order valence-corrected chi connectivity index (χ0v) is 19.4. The van der Waals surface area contributed by atoms with Crippen molar-refractivity contribution in [3.05, 3.63) is 69.0 Å². The maximum atomic E-state index is 13.4. The van der Waals surface area contributed by atoms with Gasteiger partial charge in [0.2, 0.25) is 20.0 Å². The van der Waals surface area contributed by atoms with Gasteiger partial charge < -0.3 is 0 Å². The molecule has 0 aliphatic carbocycles. The molecule has 1 aliphatic heterocycles. The van der Waals surface area contributed by atoms with Gasteiger partial charge in [-0.1, -0.05) is 12.1 Å². The lowest BCUT2D eigenvalue weighted by Crippen LogP contribution is -2.30. The Labute approximate surface area is 185 Å². The Kier molecular flexibility index (Phi) is 6.42. The first kappa shape index (κ1) is 21.7. The topological polar surface area (TPSA) is 74.8 Å². The van der Waals surface area contributed by atoms with E-state index in [1.165, 1.54) is 55.5 Å². The van der Waals surface area contributed by atoms with Crippen LogP contribution in [0.5, 0.6) is 0 Å². The Balaban J connectivity index is 1.62. The Morgan fingerprint density at radius 3 is 1.73 bits per heavy atom. The van der Waals surface area contributed by atoms with E-state index >= 15 is 0 Å². The highest BCUT2D eigenvalue weighted by Gasteiger charge is 2.29. The summed E-state index contributed by atoms with van der Waals surface area (Å²) in [5.41, 5.74) is 0. The van der Waals surface area contributed by atoms with Crippen molar-refractivity contribution >= 4 is 42.7 Å². The maximum absolute atomic E-state index is 13.4. The molecule has 30 heavy (non-hydrogen) atoms. The number of thiophene rings is 2. The molecule has 0 N–H and O–H groups in total. The van der Waals surface area contributed by atoms with E-state index < -0.39 is 20.0 Å². The van der Waals surface area contributed by atoms with Crippen molar-refractivity contribution in [2.75, 3.05) is 13.1 Å². The molecule has 160 valence electrons. The highest BCUT2D eigenvalue weighted by atomic mass is 32.2. The molecule has 0 unspecified atom stereocenters. The van der Waals surface area contributed by atoms with Crippen molar-refractivity contribution in [1.82, 2.24) is 8.61 Å². The largest absolute Gasteiger partial charge is 0.243 e. The summed E-state index contributed by atoms with van der Waals surface area (Å²) in [4.78, 5) is 2.12. The number of benzene rings is 1. The monoisotopic (exact) mass is 482 g/mol. The number of hydrogen-bond donors (Lipinski definition) is 0. The van der Waals surface area contributed by atoms with Crippen LogP contribution in [0.25, 0.3) is 0 Å². The molecule has 1 fully saturated rings. The van der Waals surface area contributed by atoms with Crippen molar-refractivity contribution in [1.29, 1.82) is 0 Å². The molecule has 4 rings (SSSR count). The van der Waals surface area contributed by atoms with Crippen LogP contribution in [-0.4, -0.2) is 38.5 Å². The van der Waals surface area contributed by atoms with E-state index in [0.717, 1.165) is 22.6 Å². The summed E-state index contributed by atoms with van der Waals surface area (Å²) in [6.07, 6.45) is 1.71. The quantitative estimate of drug-likeness (QED) is 0.487. The normalized spacial score (nSPS) is 15.8. The lowest BCUT2D eigenvalue weighted by Gasteiger charge is -2.21. The van der Waals surface area contributed by atoms with E-state index in [2.05, 4.69) is 0 Å². The lowest BCUT2D eigenvalue weighted by atomic mass is 10.4. The summed E-state index contributed by atoms with van der Waals surface area (Å²) in [5.74, 6) is 0. The Bertz CT molecular complexity index is 1130. The van der Waals surface area contributed by atoms with E-state index in [1.807, 2.05) is 35.0 Å². The third-order valence-electron chi connectivity index (χ3n) is 4.99. The Morgan fingerprint density at radius 2 is 1.27 bits per heavy atom. The molecular weight excluding hydrogens is 460 g/mol. The molecule has 1 aliphatic rings. The van der Waals surface area contributed by atoms with Crippen molar-refractivity contribution in [2.45, 2.75) is 35.7 Å². The fraction of sp³-hybridized carbons (Fsp3) is 0.300. The molecular formula is C20H22N2O4S4. The van der Waals surface area contributed by atoms with Gasteiger partial charge >= 0.3 is 0 Å². The first-order chi connectivity index (χ1) is 14.4. The van der Waals surface area contributed by atoms with E-state index in [9.17, 15) is 16.8 Å². The number of hydrogen-bond acceptors (Lipinski definition) is 6. The summed E-state index contributed by atoms with van der Waals surface area (Å²) in [7, 11) is -7.37. The third-order valence-corrected chi connectivity index (χ3v) is 10.4. The first-order valence-electron chi connectivity index (χ1n) is 9.52. The maximum Gasteiger partial charge on any atom is 0.243 e. The second kappa shape index (κ2) is 8.89. The molecule has 0 radical (unpaired) electrons. The molecule has 3 heterocycles. The van der Waals surface area contributed by atoms with Gasteiger partial charge in [-0.2, -0.15) is 8.61 Å². The van der Waals surface area contributed by atoms with Crippen LogP contribution in [0.2, 0.25) is 0 Å². The molecule has 0 saturated carbocycles. The van der Waals surface area contributed by atoms with Crippen LogP contribution in [0, 0.1) is 0 Å². The summed E-state index contributed by atoms with van der Waals surface area (Å²) >= 11 is 3.02. The van der Waals surface area contributed by atoms with Crippen LogP contribution in [0.4, 0.5) is 0 Å². The molecule has 10 heteroatoms. The van der Waals surface area contributed by atoms with Crippen molar-refractivity contribution in [2.24, 2.45) is 0 Å². The van der Waals surface area contributed by atoms with Gasteiger partial charge in [-0.25, -0.2) is 16.8 Å². The van der Waals surface area contributed by atoms with Crippen molar-refractivity contribution in [3.63, 3.8) is 0 Å². The average molecular weight is 483 g/mol. The van der Waals surface area contributed by atoms with E-state index in [-0.39, 0.29) is 22.9 Å². The van der Waals surface area contributed by atoms with E-state index in [0.29, 0.717) is 13.1 Å². The van der Waals surface area contributed by atoms with Crippen LogP contribution < -0.4 is 0 Å². The van der Waals surface area contributed by atoms with Gasteiger partial charge in [0.25, 0.3) is 0 Å². The molecule has 3 aromatic rings. The van der Waals surface area contributed by atoms with Gasteiger partial charge in [0.05, 0.1) is 9.79 Å². The third kappa shape index (κ3) is 4.53. The Morgan fingerprint density at radius 1 is 0.767 bits per heavy atom. The van der Waals surface area contributed by atoms with Crippen LogP contribution in [0.15, 0.2) is 69.1 Å². The summed E-state index contributed by atoms with van der Waals surface area (Å²) in [6, 6.07) is 13.2. The van der Waals surface area contributed by atoms with Crippen LogP contribution in [-0.2, 0) is 33.1 Å². The molecule has 0 spiro atoms. The standard InChI is InChI=1S/C20H22N2O4S4/c23-29(24,21-11-1-2-12-21)19-7-9-20(10-8-19)30(25,26)22(15-17-5-3-13-27-17)16-18-6-4-14-28-18/h3-10,13-14H,1-2,11-12,15-16H2. The van der Waals surface area contributed by atoms with Gasteiger partial charge in [-0.05, 0) is 60.0 Å². The second-order valence-electron chi connectivity index (χ2n) is 7.01. The first-order valence-corrected chi connectivity index (χ1v) is 14.2. The van der Waals surface area contributed by atoms with Gasteiger partial charge in [-0.3, -0.25) is 0 Å². The van der Waals surface area contributed by atoms with Gasteiger partial charge in [0.1, 0.15) is 0 Å². The Hall–Kier alpha value is -1.56. The fourth-order valence-corrected chi connectivity index (χ4v) is 7.90. The van der Waals surface area contributed by atoms with Gasteiger partial charge in [0, 0.05) is 35.9 Å². The molecule has 6 nitrogen and oxygen atoms in total. The van der Waals surface area contributed by atoms with Crippen LogP contribution in [0.3, 0.4) is 0 Å². The number of rotatable bonds is 8. The minimum atomic E-state index is -3.80. The average Bonchev–Trinajstić information content (AvgIpc) is 3.50. The smallest absolute Gasteiger partial charge is 0.207 e. The number of sulfonamides is 2. The zero-order chi connectivity index (χ0) is 21.2. The minimum Gasteiger partial charge on any atom is -0.207 e. The molecule has 1 aromatic carbocycles. The van der Waals surface area contributed by atoms with Gasteiger partial charge in [-0.15, -0.1) is 22.7 Å². The van der Waals surface area contributed by atoms with Crippen LogP contribution >= 0.6 is 22.7 Å². The predicted octanol–water partition coefficient (Wildman–Crippen LogP) is 3.99. The fourth-order valence-electron chi connectivity index (χ4n) is 3.39. The number of nitrogens with zero attached hydrogens (tertiary/aromatic N) is 2. The zero-order valence-electron chi connectivity index (χ0n) is 16.2. The minimum absolute atomic E-state index is 0.0935. The van der Waals surface area contributed by atoms with Gasteiger partial charge in [0.15, 0.2) is 0 Å². The summed E-state index contributed by atoms with van der Waals surface area (Å²) in [6.45, 7) is 1.56. The SMILES string of the molecule is O=S(=O)(c1ccc(S(=O)(=O)N(Cc2cccs2)Cc2cccs2)cc1)N1CCCC1. The summed E-state index contributed by atoms with van der Waals surface area (Å²) in [5, 5.41) is 3.84. The lowest BCUT2D eigenvalue weighted by molar-refractivity contribution is 0.407. The summed E-state index contributed by atoms with van der Waals surface area (Å²) < 4.78 is 55.1. The molecule has 0 amide bonds. The molecule has 2 aromatic heterocycles. The predicted molar refractivity (Wildman–Crippen MR) is 120 cm³/mol. The molecule has 1 saturated heterocycles. The molecule has 0 atom stereocenters. The highest BCUT2D eigenvalue weighted by Crippen LogP contribution is 2.26.